The average Bonchev–Trinajstić information content (AvgIpc) is 2.82. The van der Waals surface area contributed by atoms with Gasteiger partial charge in [0.15, 0.2) is 0 Å². The first-order chi connectivity index (χ1) is 7.79. The Morgan fingerprint density at radius 3 is 2.81 bits per heavy atom. The fourth-order valence-corrected chi connectivity index (χ4v) is 1.35. The van der Waals surface area contributed by atoms with Crippen LogP contribution in [0.4, 0.5) is 0 Å². The van der Waals surface area contributed by atoms with Crippen LogP contribution in [0.5, 0.6) is 5.88 Å². The van der Waals surface area contributed by atoms with Gasteiger partial charge in [-0.1, -0.05) is 0 Å². The Bertz CT molecular complexity index is 425. The third-order valence-electron chi connectivity index (χ3n) is 2.22. The molecule has 0 aliphatic rings. The number of methoxy groups -OCH3 is 1. The SMILES string of the molecule is COc1ccc(C(O)Cc2ccoc2)nn1. The molecule has 2 aromatic heterocycles. The second-order valence-electron chi connectivity index (χ2n) is 3.35. The molecule has 2 rings (SSSR count). The molecule has 2 aromatic rings. The molecule has 0 saturated heterocycles. The second kappa shape index (κ2) is 4.76. The van der Waals surface area contributed by atoms with Crippen LogP contribution in [0, 0.1) is 0 Å². The smallest absolute Gasteiger partial charge is 0.233 e. The second-order valence-corrected chi connectivity index (χ2v) is 3.35. The van der Waals surface area contributed by atoms with Gasteiger partial charge in [0.1, 0.15) is 6.10 Å². The summed E-state index contributed by atoms with van der Waals surface area (Å²) in [6.07, 6.45) is 2.94. The monoisotopic (exact) mass is 220 g/mol. The summed E-state index contributed by atoms with van der Waals surface area (Å²) in [6.45, 7) is 0. The predicted octanol–water partition coefficient (Wildman–Crippen LogP) is 1.35. The van der Waals surface area contributed by atoms with Crippen molar-refractivity contribution in [2.45, 2.75) is 12.5 Å². The van der Waals surface area contributed by atoms with Crippen LogP contribution in [0.1, 0.15) is 17.4 Å². The molecule has 0 aliphatic carbocycles. The molecule has 1 atom stereocenters. The van der Waals surface area contributed by atoms with E-state index in [9.17, 15) is 5.11 Å². The predicted molar refractivity (Wildman–Crippen MR) is 56.0 cm³/mol. The highest BCUT2D eigenvalue weighted by Crippen LogP contribution is 2.17. The molecule has 84 valence electrons. The summed E-state index contributed by atoms with van der Waals surface area (Å²) in [4.78, 5) is 0. The van der Waals surface area contributed by atoms with Crippen molar-refractivity contribution in [2.24, 2.45) is 0 Å². The number of aliphatic hydroxyl groups excluding tert-OH is 1. The normalized spacial score (nSPS) is 12.4. The Hall–Kier alpha value is -1.88. The van der Waals surface area contributed by atoms with Gasteiger partial charge in [-0.15, -0.1) is 10.2 Å². The van der Waals surface area contributed by atoms with Crippen LogP contribution < -0.4 is 4.74 Å². The molecule has 0 bridgehead atoms. The van der Waals surface area contributed by atoms with Gasteiger partial charge >= 0.3 is 0 Å². The molecule has 0 aliphatic heterocycles. The maximum Gasteiger partial charge on any atom is 0.233 e. The number of ether oxygens (including phenoxy) is 1. The summed E-state index contributed by atoms with van der Waals surface area (Å²) in [5, 5.41) is 17.5. The van der Waals surface area contributed by atoms with Gasteiger partial charge in [0.2, 0.25) is 5.88 Å². The van der Waals surface area contributed by atoms with Gasteiger partial charge < -0.3 is 14.3 Å². The van der Waals surface area contributed by atoms with Gasteiger partial charge in [-0.3, -0.25) is 0 Å². The van der Waals surface area contributed by atoms with Crippen LogP contribution in [0.2, 0.25) is 0 Å². The Morgan fingerprint density at radius 2 is 2.25 bits per heavy atom. The van der Waals surface area contributed by atoms with Crippen molar-refractivity contribution in [2.75, 3.05) is 7.11 Å². The van der Waals surface area contributed by atoms with E-state index >= 15 is 0 Å². The lowest BCUT2D eigenvalue weighted by Gasteiger charge is -2.07. The number of aliphatic hydroxyl groups is 1. The largest absolute Gasteiger partial charge is 0.480 e. The molecule has 16 heavy (non-hydrogen) atoms. The molecule has 5 nitrogen and oxygen atoms in total. The summed E-state index contributed by atoms with van der Waals surface area (Å²) in [5.74, 6) is 0.430. The number of nitrogens with zero attached hydrogens (tertiary/aromatic N) is 2. The maximum absolute atomic E-state index is 9.87. The van der Waals surface area contributed by atoms with E-state index in [0.717, 1.165) is 5.56 Å². The Morgan fingerprint density at radius 1 is 1.38 bits per heavy atom. The van der Waals surface area contributed by atoms with Crippen molar-refractivity contribution in [3.8, 4) is 5.88 Å². The number of rotatable bonds is 4. The van der Waals surface area contributed by atoms with Crippen LogP contribution in [0.25, 0.3) is 0 Å². The molecular formula is C11H12N2O3. The van der Waals surface area contributed by atoms with Crippen molar-refractivity contribution in [1.29, 1.82) is 0 Å². The minimum Gasteiger partial charge on any atom is -0.480 e. The van der Waals surface area contributed by atoms with E-state index in [1.54, 1.807) is 30.7 Å². The standard InChI is InChI=1S/C11H12N2O3/c1-15-11-3-2-9(12-13-11)10(14)6-8-4-5-16-7-8/h2-5,7,10,14H,6H2,1H3. The Kier molecular flexibility index (Phi) is 3.16. The van der Waals surface area contributed by atoms with E-state index in [4.69, 9.17) is 9.15 Å². The molecular weight excluding hydrogens is 208 g/mol. The van der Waals surface area contributed by atoms with E-state index in [1.165, 1.54) is 7.11 Å². The van der Waals surface area contributed by atoms with Crippen molar-refractivity contribution in [3.63, 3.8) is 0 Å². The fraction of sp³-hybridized carbons (Fsp3) is 0.273. The number of furan rings is 1. The molecule has 0 spiro atoms. The molecule has 0 amide bonds. The lowest BCUT2D eigenvalue weighted by atomic mass is 10.1. The zero-order valence-corrected chi connectivity index (χ0v) is 8.83. The zero-order valence-electron chi connectivity index (χ0n) is 8.83. The molecule has 1 unspecified atom stereocenters. The number of hydrogen-bond donors (Lipinski definition) is 1. The van der Waals surface area contributed by atoms with Gasteiger partial charge in [0.25, 0.3) is 0 Å². The third-order valence-corrected chi connectivity index (χ3v) is 2.22. The molecule has 0 aromatic carbocycles. The van der Waals surface area contributed by atoms with Crippen LogP contribution >= 0.6 is 0 Å². The first kappa shape index (κ1) is 10.6. The van der Waals surface area contributed by atoms with Crippen LogP contribution in [-0.2, 0) is 6.42 Å². The lowest BCUT2D eigenvalue weighted by Crippen LogP contribution is -2.05. The van der Waals surface area contributed by atoms with E-state index in [-0.39, 0.29) is 0 Å². The van der Waals surface area contributed by atoms with Gasteiger partial charge in [-0.25, -0.2) is 0 Å². The van der Waals surface area contributed by atoms with Gasteiger partial charge in [0.05, 0.1) is 25.3 Å². The summed E-state index contributed by atoms with van der Waals surface area (Å²) in [7, 11) is 1.52. The van der Waals surface area contributed by atoms with Crippen molar-refractivity contribution in [3.05, 3.63) is 42.0 Å². The summed E-state index contributed by atoms with van der Waals surface area (Å²) >= 11 is 0. The van der Waals surface area contributed by atoms with Crippen LogP contribution in [-0.4, -0.2) is 22.4 Å². The van der Waals surface area contributed by atoms with E-state index in [1.807, 2.05) is 0 Å². The first-order valence-electron chi connectivity index (χ1n) is 4.86. The highest BCUT2D eigenvalue weighted by atomic mass is 16.5. The zero-order chi connectivity index (χ0) is 11.4. The molecule has 0 fully saturated rings. The molecule has 2 heterocycles. The number of aromatic nitrogens is 2. The van der Waals surface area contributed by atoms with Gasteiger partial charge in [0, 0.05) is 12.5 Å². The van der Waals surface area contributed by atoms with Crippen molar-refractivity contribution in [1.82, 2.24) is 10.2 Å². The highest BCUT2D eigenvalue weighted by Gasteiger charge is 2.11. The molecule has 1 N–H and O–H groups in total. The summed E-state index contributed by atoms with van der Waals surface area (Å²) in [6, 6.07) is 5.16. The maximum atomic E-state index is 9.87. The quantitative estimate of drug-likeness (QED) is 0.842. The average molecular weight is 220 g/mol. The number of hydrogen-bond acceptors (Lipinski definition) is 5. The van der Waals surface area contributed by atoms with Crippen LogP contribution in [0.15, 0.2) is 35.1 Å². The molecule has 0 saturated carbocycles. The van der Waals surface area contributed by atoms with Gasteiger partial charge in [-0.05, 0) is 17.7 Å². The van der Waals surface area contributed by atoms with E-state index < -0.39 is 6.10 Å². The fourth-order valence-electron chi connectivity index (χ4n) is 1.35. The topological polar surface area (TPSA) is 68.4 Å². The van der Waals surface area contributed by atoms with Crippen molar-refractivity contribution >= 4 is 0 Å². The minimum absolute atomic E-state index is 0.430. The van der Waals surface area contributed by atoms with E-state index in [0.29, 0.717) is 18.0 Å². The van der Waals surface area contributed by atoms with E-state index in [2.05, 4.69) is 10.2 Å². The highest BCUT2D eigenvalue weighted by molar-refractivity contribution is 5.16. The third kappa shape index (κ3) is 2.38. The first-order valence-corrected chi connectivity index (χ1v) is 4.86. The summed E-state index contributed by atoms with van der Waals surface area (Å²) in [5.41, 5.74) is 1.44. The lowest BCUT2D eigenvalue weighted by molar-refractivity contribution is 0.171. The van der Waals surface area contributed by atoms with Crippen LogP contribution in [0.3, 0.4) is 0 Å². The molecule has 0 radical (unpaired) electrons. The Labute approximate surface area is 92.7 Å². The summed E-state index contributed by atoms with van der Waals surface area (Å²) < 4.78 is 9.81. The minimum atomic E-state index is -0.684. The molecule has 5 heteroatoms. The van der Waals surface area contributed by atoms with Gasteiger partial charge in [-0.2, -0.15) is 0 Å². The Balaban J connectivity index is 2.05. The van der Waals surface area contributed by atoms with Crippen molar-refractivity contribution < 1.29 is 14.3 Å².